The van der Waals surface area contributed by atoms with E-state index >= 15 is 0 Å². The molecule has 2 aromatic rings. The van der Waals surface area contributed by atoms with Crippen LogP contribution in [0.15, 0.2) is 36.4 Å². The Labute approximate surface area is 137 Å². The minimum atomic E-state index is -0.251. The van der Waals surface area contributed by atoms with E-state index in [1.54, 1.807) is 19.0 Å². The summed E-state index contributed by atoms with van der Waals surface area (Å²) in [5.74, 6) is 0.0668. The topological polar surface area (TPSA) is 20.3 Å². The van der Waals surface area contributed by atoms with Crippen molar-refractivity contribution in [1.82, 2.24) is 4.90 Å². The fourth-order valence-electron chi connectivity index (χ4n) is 2.10. The minimum absolute atomic E-state index is 0.0668. The third-order valence-corrected chi connectivity index (χ3v) is 6.13. The number of hydrogen-bond acceptors (Lipinski definition) is 1. The van der Waals surface area contributed by atoms with Gasteiger partial charge in [0.05, 0.1) is 0 Å². The predicted octanol–water partition coefficient (Wildman–Crippen LogP) is 0.442. The quantitative estimate of drug-likeness (QED) is 0.693. The molecule has 2 nitrogen and oxygen atoms in total. The molecule has 0 unspecified atom stereocenters. The van der Waals surface area contributed by atoms with E-state index < -0.39 is 0 Å². The fraction of sp³-hybridized carbons (Fsp3) is 0.278. The second kappa shape index (κ2) is 6.60. The standard InChI is InChI=1S/C18H21INO/c1-12-9-17(10-13(2)14(12)3)19-16-8-6-7-15(11-16)18(21)20(4)5/h6-11H,1-5H3/q-1. The molecule has 0 N–H and O–H groups in total. The Kier molecular flexibility index (Phi) is 5.04. The molecule has 0 aliphatic heterocycles. The first-order valence-electron chi connectivity index (χ1n) is 6.93. The molecular weight excluding hydrogens is 373 g/mol. The summed E-state index contributed by atoms with van der Waals surface area (Å²) in [7, 11) is 3.58. The summed E-state index contributed by atoms with van der Waals surface area (Å²) in [6.45, 7) is 6.51. The van der Waals surface area contributed by atoms with Crippen LogP contribution in [0.3, 0.4) is 0 Å². The molecule has 0 aromatic heterocycles. The number of halogens is 1. The van der Waals surface area contributed by atoms with Crippen molar-refractivity contribution >= 4 is 5.91 Å². The van der Waals surface area contributed by atoms with Gasteiger partial charge in [0, 0.05) is 0 Å². The van der Waals surface area contributed by atoms with Gasteiger partial charge in [-0.1, -0.05) is 0 Å². The number of carbonyl (C=O) groups excluding carboxylic acids is 1. The van der Waals surface area contributed by atoms with Gasteiger partial charge in [0.2, 0.25) is 0 Å². The Morgan fingerprint density at radius 2 is 1.57 bits per heavy atom. The second-order valence-corrected chi connectivity index (χ2v) is 8.50. The molecule has 112 valence electrons. The molecule has 3 heteroatoms. The van der Waals surface area contributed by atoms with Gasteiger partial charge in [-0.3, -0.25) is 0 Å². The molecular formula is C18H21INO-. The molecule has 0 bridgehead atoms. The predicted molar refractivity (Wildman–Crippen MR) is 82.5 cm³/mol. The molecule has 1 amide bonds. The van der Waals surface area contributed by atoms with Crippen molar-refractivity contribution in [3.8, 4) is 0 Å². The maximum atomic E-state index is 12.0. The summed E-state index contributed by atoms with van der Waals surface area (Å²) in [4.78, 5) is 13.7. The van der Waals surface area contributed by atoms with Gasteiger partial charge >= 0.3 is 137 Å². The molecule has 0 spiro atoms. The molecule has 0 radical (unpaired) electrons. The van der Waals surface area contributed by atoms with Gasteiger partial charge in [0.1, 0.15) is 0 Å². The van der Waals surface area contributed by atoms with Crippen LogP contribution in [0.2, 0.25) is 0 Å². The van der Waals surface area contributed by atoms with E-state index in [-0.39, 0.29) is 27.1 Å². The number of carbonyl (C=O) groups is 1. The molecule has 0 heterocycles. The van der Waals surface area contributed by atoms with Crippen LogP contribution in [0.25, 0.3) is 0 Å². The number of benzene rings is 2. The first-order chi connectivity index (χ1) is 9.88. The van der Waals surface area contributed by atoms with Crippen LogP contribution < -0.4 is 21.2 Å². The number of amides is 1. The van der Waals surface area contributed by atoms with Crippen LogP contribution in [0.1, 0.15) is 27.0 Å². The van der Waals surface area contributed by atoms with Gasteiger partial charge in [-0.25, -0.2) is 0 Å². The number of aryl methyl sites for hydroxylation is 2. The van der Waals surface area contributed by atoms with Crippen molar-refractivity contribution in [2.45, 2.75) is 20.8 Å². The summed E-state index contributed by atoms with van der Waals surface area (Å²) in [6, 6.07) is 12.6. The Bertz CT molecular complexity index is 654. The zero-order valence-corrected chi connectivity index (χ0v) is 15.4. The van der Waals surface area contributed by atoms with Gasteiger partial charge in [-0.2, -0.15) is 0 Å². The van der Waals surface area contributed by atoms with Crippen molar-refractivity contribution < 1.29 is 26.0 Å². The average molecular weight is 394 g/mol. The maximum absolute atomic E-state index is 12.0. The summed E-state index contributed by atoms with van der Waals surface area (Å²) in [6.07, 6.45) is 0. The van der Waals surface area contributed by atoms with Crippen molar-refractivity contribution in [3.63, 3.8) is 0 Å². The first-order valence-corrected chi connectivity index (χ1v) is 9.08. The van der Waals surface area contributed by atoms with Gasteiger partial charge < -0.3 is 0 Å². The van der Waals surface area contributed by atoms with Crippen LogP contribution >= 0.6 is 0 Å². The van der Waals surface area contributed by atoms with E-state index in [0.717, 1.165) is 5.56 Å². The van der Waals surface area contributed by atoms with E-state index in [1.807, 2.05) is 18.2 Å². The molecule has 0 fully saturated rings. The first kappa shape index (κ1) is 16.0. The molecule has 21 heavy (non-hydrogen) atoms. The Morgan fingerprint density at radius 1 is 0.952 bits per heavy atom. The SMILES string of the molecule is Cc1cc([I-]c2cccc(C(=O)N(C)C)c2)cc(C)c1C. The fourth-order valence-corrected chi connectivity index (χ4v) is 4.95. The molecule has 2 aromatic carbocycles. The van der Waals surface area contributed by atoms with Crippen LogP contribution in [0.4, 0.5) is 0 Å². The molecule has 0 aliphatic rings. The van der Waals surface area contributed by atoms with E-state index in [2.05, 4.69) is 39.0 Å². The zero-order chi connectivity index (χ0) is 15.6. The molecule has 0 saturated heterocycles. The number of hydrogen-bond donors (Lipinski definition) is 0. The second-order valence-electron chi connectivity index (χ2n) is 5.47. The molecule has 0 atom stereocenters. The third kappa shape index (κ3) is 3.84. The van der Waals surface area contributed by atoms with Gasteiger partial charge in [0.15, 0.2) is 0 Å². The monoisotopic (exact) mass is 394 g/mol. The molecule has 0 saturated carbocycles. The number of nitrogens with zero attached hydrogens (tertiary/aromatic N) is 1. The van der Waals surface area contributed by atoms with Gasteiger partial charge in [-0.15, -0.1) is 0 Å². The Hall–Kier alpha value is -1.36. The summed E-state index contributed by atoms with van der Waals surface area (Å²) < 4.78 is 2.69. The van der Waals surface area contributed by atoms with E-state index in [1.165, 1.54) is 23.8 Å². The zero-order valence-electron chi connectivity index (χ0n) is 13.2. The van der Waals surface area contributed by atoms with Gasteiger partial charge in [-0.05, 0) is 0 Å². The van der Waals surface area contributed by atoms with Gasteiger partial charge in [0.25, 0.3) is 0 Å². The van der Waals surface area contributed by atoms with Crippen LogP contribution in [-0.4, -0.2) is 24.9 Å². The summed E-state index contributed by atoms with van der Waals surface area (Å²) in [5.41, 5.74) is 4.85. The van der Waals surface area contributed by atoms with Crippen molar-refractivity contribution in [3.05, 3.63) is 65.8 Å². The Balaban J connectivity index is 2.28. The third-order valence-electron chi connectivity index (χ3n) is 3.59. The summed E-state index contributed by atoms with van der Waals surface area (Å²) in [5, 5.41) is 0. The van der Waals surface area contributed by atoms with E-state index in [9.17, 15) is 4.79 Å². The molecule has 0 aliphatic carbocycles. The van der Waals surface area contributed by atoms with E-state index in [4.69, 9.17) is 0 Å². The van der Waals surface area contributed by atoms with Crippen molar-refractivity contribution in [2.24, 2.45) is 0 Å². The van der Waals surface area contributed by atoms with Crippen molar-refractivity contribution in [1.29, 1.82) is 0 Å². The average Bonchev–Trinajstić information content (AvgIpc) is 2.44. The van der Waals surface area contributed by atoms with E-state index in [0.29, 0.717) is 0 Å². The van der Waals surface area contributed by atoms with Crippen LogP contribution in [0.5, 0.6) is 0 Å². The van der Waals surface area contributed by atoms with Crippen molar-refractivity contribution in [2.75, 3.05) is 14.1 Å². The normalized spacial score (nSPS) is 10.7. The molecule has 2 rings (SSSR count). The Morgan fingerprint density at radius 3 is 2.14 bits per heavy atom. The number of rotatable bonds is 3. The van der Waals surface area contributed by atoms with Crippen LogP contribution in [0, 0.1) is 27.9 Å². The summed E-state index contributed by atoms with van der Waals surface area (Å²) >= 11 is -0.251. The van der Waals surface area contributed by atoms with Crippen LogP contribution in [-0.2, 0) is 0 Å².